The van der Waals surface area contributed by atoms with Crippen molar-refractivity contribution >= 4 is 6.21 Å². The Hall–Kier alpha value is -1.31. The fourth-order valence-electron chi connectivity index (χ4n) is 2.10. The van der Waals surface area contributed by atoms with Crippen molar-refractivity contribution in [1.82, 2.24) is 0 Å². The molecule has 1 aromatic rings. The minimum absolute atomic E-state index is 0.0656. The van der Waals surface area contributed by atoms with Gasteiger partial charge >= 0.3 is 0 Å². The summed E-state index contributed by atoms with van der Waals surface area (Å²) in [5.41, 5.74) is 1.24. The van der Waals surface area contributed by atoms with Gasteiger partial charge in [0.05, 0.1) is 0 Å². The maximum atomic E-state index is 9.28. The second-order valence-corrected chi connectivity index (χ2v) is 6.43. The van der Waals surface area contributed by atoms with Crippen LogP contribution >= 0.6 is 0 Å². The lowest BCUT2D eigenvalue weighted by molar-refractivity contribution is -0.653. The van der Waals surface area contributed by atoms with E-state index >= 15 is 0 Å². The highest BCUT2D eigenvalue weighted by atomic mass is 16.3. The first-order chi connectivity index (χ1) is 7.60. The van der Waals surface area contributed by atoms with Crippen LogP contribution in [0.1, 0.15) is 47.1 Å². The van der Waals surface area contributed by atoms with Crippen molar-refractivity contribution in [3.05, 3.63) is 29.8 Å². The highest BCUT2D eigenvalue weighted by Gasteiger charge is 2.34. The van der Waals surface area contributed by atoms with Gasteiger partial charge in [-0.25, -0.2) is 4.58 Å². The third-order valence-electron chi connectivity index (χ3n) is 2.62. The number of phenols is 1. The van der Waals surface area contributed by atoms with Gasteiger partial charge in [-0.1, -0.05) is 0 Å². The summed E-state index contributed by atoms with van der Waals surface area (Å²) < 4.78 is 2.34. The van der Waals surface area contributed by atoms with E-state index in [1.54, 1.807) is 12.1 Å². The average Bonchev–Trinajstić information content (AvgIpc) is 2.13. The Labute approximate surface area is 105 Å². The third-order valence-corrected chi connectivity index (χ3v) is 2.62. The molecule has 0 saturated carbocycles. The lowest BCUT2D eigenvalue weighted by atomic mass is 9.98. The molecule has 0 radical (unpaired) electrons. The van der Waals surface area contributed by atoms with Gasteiger partial charge in [-0.3, -0.25) is 0 Å². The summed E-state index contributed by atoms with van der Waals surface area (Å²) in [5, 5.41) is 9.28. The Balaban J connectivity index is 3.20. The predicted octanol–water partition coefficient (Wildman–Crippen LogP) is 3.42. The second-order valence-electron chi connectivity index (χ2n) is 6.43. The minimum Gasteiger partial charge on any atom is -0.508 e. The van der Waals surface area contributed by atoms with Crippen LogP contribution in [0.5, 0.6) is 5.75 Å². The van der Waals surface area contributed by atoms with Crippen molar-refractivity contribution in [2.75, 3.05) is 0 Å². The number of hydrogen-bond acceptors (Lipinski definition) is 1. The Morgan fingerprint density at radius 3 is 1.65 bits per heavy atom. The molecule has 0 saturated heterocycles. The van der Waals surface area contributed by atoms with Gasteiger partial charge in [0.25, 0.3) is 0 Å². The first kappa shape index (κ1) is 13.8. The summed E-state index contributed by atoms with van der Waals surface area (Å²) in [7, 11) is 0. The van der Waals surface area contributed by atoms with Gasteiger partial charge in [-0.05, 0) is 65.8 Å². The first-order valence-corrected chi connectivity index (χ1v) is 6.04. The van der Waals surface area contributed by atoms with Crippen molar-refractivity contribution in [3.63, 3.8) is 0 Å². The lowest BCUT2D eigenvalue weighted by Crippen LogP contribution is -2.46. The largest absolute Gasteiger partial charge is 0.508 e. The molecular weight excluding hydrogens is 210 g/mol. The number of aromatic hydroxyl groups is 1. The standard InChI is InChI=1S/C15H23NO/c1-14(2,3)16(15(4,5)6)11-12-7-9-13(17)10-8-12/h7-11H,1-6H3/p+1. The van der Waals surface area contributed by atoms with Crippen LogP contribution in [0, 0.1) is 0 Å². The van der Waals surface area contributed by atoms with E-state index in [-0.39, 0.29) is 11.1 Å². The lowest BCUT2D eigenvalue weighted by Gasteiger charge is -2.28. The molecule has 0 spiro atoms. The van der Waals surface area contributed by atoms with Gasteiger partial charge < -0.3 is 5.11 Å². The summed E-state index contributed by atoms with van der Waals surface area (Å²) in [6.07, 6.45) is 2.15. The second kappa shape index (κ2) is 4.52. The Kier molecular flexibility index (Phi) is 3.65. The smallest absolute Gasteiger partial charge is 0.171 e. The van der Waals surface area contributed by atoms with E-state index in [2.05, 4.69) is 52.3 Å². The summed E-state index contributed by atoms with van der Waals surface area (Å²) in [6.45, 7) is 13.2. The summed E-state index contributed by atoms with van der Waals surface area (Å²) in [6, 6.07) is 7.30. The molecule has 17 heavy (non-hydrogen) atoms. The molecule has 0 fully saturated rings. The van der Waals surface area contributed by atoms with Crippen LogP contribution in [0.3, 0.4) is 0 Å². The minimum atomic E-state index is 0.0656. The van der Waals surface area contributed by atoms with Crippen LogP contribution in [-0.4, -0.2) is 27.0 Å². The first-order valence-electron chi connectivity index (χ1n) is 6.04. The topological polar surface area (TPSA) is 23.2 Å². The predicted molar refractivity (Wildman–Crippen MR) is 73.0 cm³/mol. The van der Waals surface area contributed by atoms with Crippen LogP contribution in [0.4, 0.5) is 0 Å². The van der Waals surface area contributed by atoms with E-state index in [1.165, 1.54) is 0 Å². The van der Waals surface area contributed by atoms with Gasteiger partial charge in [-0.2, -0.15) is 0 Å². The summed E-state index contributed by atoms with van der Waals surface area (Å²) in [4.78, 5) is 0. The molecule has 0 aliphatic rings. The van der Waals surface area contributed by atoms with Gasteiger partial charge in [0.1, 0.15) is 5.75 Å². The molecule has 0 aromatic heterocycles. The fourth-order valence-corrected chi connectivity index (χ4v) is 2.10. The van der Waals surface area contributed by atoms with Crippen LogP contribution < -0.4 is 0 Å². The van der Waals surface area contributed by atoms with Crippen molar-refractivity contribution in [3.8, 4) is 5.75 Å². The normalized spacial score (nSPS) is 12.4. The van der Waals surface area contributed by atoms with Crippen LogP contribution in [0.15, 0.2) is 24.3 Å². The molecule has 2 nitrogen and oxygen atoms in total. The van der Waals surface area contributed by atoms with E-state index in [9.17, 15) is 5.11 Å². The molecule has 0 unspecified atom stereocenters. The molecule has 0 heterocycles. The van der Waals surface area contributed by atoms with E-state index in [0.29, 0.717) is 5.75 Å². The van der Waals surface area contributed by atoms with Crippen molar-refractivity contribution in [2.24, 2.45) is 0 Å². The van der Waals surface area contributed by atoms with Gasteiger partial charge in [-0.15, -0.1) is 0 Å². The average molecular weight is 234 g/mol. The molecule has 2 heteroatoms. The molecule has 0 aliphatic carbocycles. The fraction of sp³-hybridized carbons (Fsp3) is 0.533. The van der Waals surface area contributed by atoms with Crippen LogP contribution in [0.25, 0.3) is 0 Å². The quantitative estimate of drug-likeness (QED) is 0.584. The Morgan fingerprint density at radius 2 is 1.29 bits per heavy atom. The van der Waals surface area contributed by atoms with Crippen molar-refractivity contribution < 1.29 is 9.68 Å². The SMILES string of the molecule is CC(C)(C)[N+](=Cc1ccc(O)cc1)C(C)(C)C. The number of nitrogens with zero attached hydrogens (tertiary/aromatic N) is 1. The zero-order valence-electron chi connectivity index (χ0n) is 11.8. The van der Waals surface area contributed by atoms with E-state index in [1.807, 2.05) is 12.1 Å². The maximum Gasteiger partial charge on any atom is 0.171 e. The molecule has 1 aromatic carbocycles. The van der Waals surface area contributed by atoms with Gasteiger partial charge in [0, 0.05) is 5.56 Å². The van der Waals surface area contributed by atoms with E-state index in [0.717, 1.165) is 5.56 Å². The van der Waals surface area contributed by atoms with Gasteiger partial charge in [0.2, 0.25) is 0 Å². The molecule has 0 atom stereocenters. The highest BCUT2D eigenvalue weighted by molar-refractivity contribution is 5.76. The third kappa shape index (κ3) is 3.88. The van der Waals surface area contributed by atoms with Gasteiger partial charge in [0.15, 0.2) is 17.3 Å². The summed E-state index contributed by atoms with van der Waals surface area (Å²) in [5.74, 6) is 0.306. The monoisotopic (exact) mass is 234 g/mol. The van der Waals surface area contributed by atoms with Crippen molar-refractivity contribution in [2.45, 2.75) is 52.6 Å². The number of rotatable bonds is 1. The Morgan fingerprint density at radius 1 is 0.882 bits per heavy atom. The molecule has 1 N–H and O–H groups in total. The summed E-state index contributed by atoms with van der Waals surface area (Å²) >= 11 is 0. The number of phenolic OH excluding ortho intramolecular Hbond substituents is 1. The van der Waals surface area contributed by atoms with Crippen LogP contribution in [0.2, 0.25) is 0 Å². The van der Waals surface area contributed by atoms with Crippen molar-refractivity contribution in [1.29, 1.82) is 0 Å². The zero-order valence-corrected chi connectivity index (χ0v) is 11.8. The van der Waals surface area contributed by atoms with E-state index < -0.39 is 0 Å². The molecular formula is C15H24NO+. The number of hydrogen-bond donors (Lipinski definition) is 1. The zero-order chi connectivity index (χ0) is 13.3. The molecule has 0 bridgehead atoms. The van der Waals surface area contributed by atoms with E-state index in [4.69, 9.17) is 0 Å². The Bertz CT molecular complexity index is 386. The molecule has 1 rings (SSSR count). The van der Waals surface area contributed by atoms with Crippen LogP contribution in [-0.2, 0) is 0 Å². The molecule has 0 amide bonds. The maximum absolute atomic E-state index is 9.28. The molecule has 94 valence electrons. The number of benzene rings is 1. The highest BCUT2D eigenvalue weighted by Crippen LogP contribution is 2.19. The molecule has 0 aliphatic heterocycles.